The zero-order chi connectivity index (χ0) is 52.9. The molecule has 73 heavy (non-hydrogen) atoms. The lowest BCUT2D eigenvalue weighted by molar-refractivity contribution is -0.167. The first-order valence-electron chi connectivity index (χ1n) is 29.0. The average Bonchev–Trinajstić information content (AvgIpc) is 3.39. The van der Waals surface area contributed by atoms with E-state index in [4.69, 9.17) is 14.2 Å². The van der Waals surface area contributed by atoms with Crippen molar-refractivity contribution in [3.05, 3.63) is 158 Å². The summed E-state index contributed by atoms with van der Waals surface area (Å²) in [6, 6.07) is 0. The molecule has 0 bridgehead atoms. The molecule has 0 amide bonds. The van der Waals surface area contributed by atoms with Crippen LogP contribution in [-0.2, 0) is 28.6 Å². The Hall–Kier alpha value is -4.97. The van der Waals surface area contributed by atoms with Gasteiger partial charge in [-0.1, -0.05) is 224 Å². The van der Waals surface area contributed by atoms with Crippen molar-refractivity contribution in [3.8, 4) is 0 Å². The van der Waals surface area contributed by atoms with Gasteiger partial charge in [0.2, 0.25) is 0 Å². The van der Waals surface area contributed by atoms with Gasteiger partial charge in [0, 0.05) is 19.3 Å². The summed E-state index contributed by atoms with van der Waals surface area (Å²) in [6.45, 7) is 6.21. The predicted octanol–water partition coefficient (Wildman–Crippen LogP) is 19.8. The summed E-state index contributed by atoms with van der Waals surface area (Å²) in [5.74, 6) is -1.01. The summed E-state index contributed by atoms with van der Waals surface area (Å²) in [4.78, 5) is 38.2. The summed E-state index contributed by atoms with van der Waals surface area (Å²) < 4.78 is 16.8. The maximum absolute atomic E-state index is 12.9. The van der Waals surface area contributed by atoms with Crippen LogP contribution in [-0.4, -0.2) is 37.2 Å². The molecule has 1 atom stereocenters. The molecule has 0 aliphatic heterocycles. The fourth-order valence-corrected chi connectivity index (χ4v) is 7.27. The molecule has 6 heteroatoms. The van der Waals surface area contributed by atoms with Gasteiger partial charge in [0.05, 0.1) is 0 Å². The molecule has 0 spiro atoms. The smallest absolute Gasteiger partial charge is 0.306 e. The quantitative estimate of drug-likeness (QED) is 0.0261. The van der Waals surface area contributed by atoms with Gasteiger partial charge in [0.15, 0.2) is 6.10 Å². The lowest BCUT2D eigenvalue weighted by atomic mass is 10.1. The Balaban J connectivity index is 4.54. The molecule has 0 saturated carbocycles. The Bertz CT molecular complexity index is 1670. The molecule has 0 fully saturated rings. The van der Waals surface area contributed by atoms with Crippen LogP contribution in [0.2, 0.25) is 0 Å². The highest BCUT2D eigenvalue weighted by molar-refractivity contribution is 5.71. The van der Waals surface area contributed by atoms with E-state index in [0.717, 1.165) is 141 Å². The Morgan fingerprint density at radius 3 is 0.808 bits per heavy atom. The van der Waals surface area contributed by atoms with Crippen molar-refractivity contribution in [2.75, 3.05) is 13.2 Å². The summed E-state index contributed by atoms with van der Waals surface area (Å²) in [7, 11) is 0. The Kier molecular flexibility index (Phi) is 55.5. The summed E-state index contributed by atoms with van der Waals surface area (Å²) >= 11 is 0. The minimum Gasteiger partial charge on any atom is -0.462 e. The van der Waals surface area contributed by atoms with E-state index in [-0.39, 0.29) is 44.0 Å². The van der Waals surface area contributed by atoms with Crippen molar-refractivity contribution < 1.29 is 28.6 Å². The van der Waals surface area contributed by atoms with Crippen LogP contribution in [0.1, 0.15) is 226 Å². The third-order valence-electron chi connectivity index (χ3n) is 11.5. The van der Waals surface area contributed by atoms with Crippen molar-refractivity contribution in [2.24, 2.45) is 0 Å². The molecule has 0 aliphatic carbocycles. The first-order chi connectivity index (χ1) is 36.0. The van der Waals surface area contributed by atoms with Crippen molar-refractivity contribution >= 4 is 17.9 Å². The first kappa shape index (κ1) is 68.0. The minimum atomic E-state index is -0.825. The SMILES string of the molecule is CC/C=C\C/C=C\C/C=C\C/C=C\C/C=C\CCCCCC(=O)OC(COC(=O)CCCC/C=C\C/C=C\C/C=C\C/C=C\CC)COC(=O)CCCCCCCCCC/C=C\C/C=C\C/C=C\C/C=C\CC. The molecule has 0 aromatic carbocycles. The van der Waals surface area contributed by atoms with Crippen LogP contribution in [0.5, 0.6) is 0 Å². The molecule has 0 heterocycles. The molecule has 0 rings (SSSR count). The second-order valence-corrected chi connectivity index (χ2v) is 18.4. The van der Waals surface area contributed by atoms with Crippen LogP contribution in [0.3, 0.4) is 0 Å². The molecule has 0 radical (unpaired) electrons. The van der Waals surface area contributed by atoms with Crippen molar-refractivity contribution in [3.63, 3.8) is 0 Å². The van der Waals surface area contributed by atoms with Crippen LogP contribution in [0, 0.1) is 0 Å². The third-order valence-corrected chi connectivity index (χ3v) is 11.5. The van der Waals surface area contributed by atoms with E-state index >= 15 is 0 Å². The molecule has 6 nitrogen and oxygen atoms in total. The summed E-state index contributed by atoms with van der Waals surface area (Å²) in [6.07, 6.45) is 86.6. The molecule has 0 aromatic rings. The van der Waals surface area contributed by atoms with Gasteiger partial charge in [-0.15, -0.1) is 0 Å². The fraction of sp³-hybridized carbons (Fsp3) is 0.567. The van der Waals surface area contributed by atoms with E-state index in [2.05, 4.69) is 179 Å². The van der Waals surface area contributed by atoms with Crippen LogP contribution >= 0.6 is 0 Å². The lowest BCUT2D eigenvalue weighted by Gasteiger charge is -2.18. The number of ether oxygens (including phenoxy) is 3. The Morgan fingerprint density at radius 1 is 0.274 bits per heavy atom. The highest BCUT2D eigenvalue weighted by Gasteiger charge is 2.19. The molecule has 0 N–H and O–H groups in total. The normalized spacial score (nSPS) is 13.3. The van der Waals surface area contributed by atoms with E-state index in [1.54, 1.807) is 0 Å². The van der Waals surface area contributed by atoms with Gasteiger partial charge in [0.1, 0.15) is 13.2 Å². The highest BCUT2D eigenvalue weighted by atomic mass is 16.6. The van der Waals surface area contributed by atoms with E-state index in [0.29, 0.717) is 19.3 Å². The van der Waals surface area contributed by atoms with Gasteiger partial charge in [0.25, 0.3) is 0 Å². The molecular weight excluding hydrogens is 901 g/mol. The standard InChI is InChI=1S/C67H104O6/c1-4-7-10-13-16-19-22-25-28-30-32-33-35-36-39-42-45-48-51-54-57-60-66(69)72-63-64(62-71-65(68)59-56-53-50-47-44-41-38-27-24-21-18-15-12-9-6-3)73-67(70)61-58-55-52-49-46-43-40-37-34-31-29-26-23-20-17-14-11-8-5-2/h7-12,16-21,25-29,32-34,37-38,43-44,46-47,64H,4-6,13-15,22-24,30-31,35-36,39-42,45,48-63H2,1-3H3/b10-7-,11-8-,12-9-,19-16-,20-17-,21-18-,28-25-,29-26-,33-32-,37-34-,38-27-,46-43-,47-44-. The van der Waals surface area contributed by atoms with Gasteiger partial charge in [-0.05, 0) is 141 Å². The maximum atomic E-state index is 12.9. The van der Waals surface area contributed by atoms with Crippen molar-refractivity contribution in [1.29, 1.82) is 0 Å². The molecule has 408 valence electrons. The molecular formula is C67H104O6. The Morgan fingerprint density at radius 2 is 0.493 bits per heavy atom. The van der Waals surface area contributed by atoms with Crippen molar-refractivity contribution in [2.45, 2.75) is 232 Å². The van der Waals surface area contributed by atoms with E-state index in [1.807, 2.05) is 0 Å². The van der Waals surface area contributed by atoms with Gasteiger partial charge in [-0.25, -0.2) is 0 Å². The Labute approximate surface area is 448 Å². The maximum Gasteiger partial charge on any atom is 0.306 e. The summed E-state index contributed by atoms with van der Waals surface area (Å²) in [5, 5.41) is 0. The van der Waals surface area contributed by atoms with Gasteiger partial charge in [-0.3, -0.25) is 14.4 Å². The van der Waals surface area contributed by atoms with Gasteiger partial charge in [-0.2, -0.15) is 0 Å². The van der Waals surface area contributed by atoms with Gasteiger partial charge < -0.3 is 14.2 Å². The van der Waals surface area contributed by atoms with Crippen LogP contribution in [0.15, 0.2) is 158 Å². The topological polar surface area (TPSA) is 78.9 Å². The molecule has 0 saturated heterocycles. The molecule has 0 aromatic heterocycles. The number of hydrogen-bond acceptors (Lipinski definition) is 6. The number of allylic oxidation sites excluding steroid dienone is 26. The number of hydrogen-bond donors (Lipinski definition) is 0. The second kappa shape index (κ2) is 59.6. The van der Waals surface area contributed by atoms with Gasteiger partial charge >= 0.3 is 17.9 Å². The van der Waals surface area contributed by atoms with E-state index in [1.165, 1.54) is 32.1 Å². The third kappa shape index (κ3) is 57.8. The number of esters is 3. The second-order valence-electron chi connectivity index (χ2n) is 18.4. The monoisotopic (exact) mass is 1000 g/mol. The largest absolute Gasteiger partial charge is 0.462 e. The molecule has 0 aliphatic rings. The first-order valence-corrected chi connectivity index (χ1v) is 29.0. The number of rotatable bonds is 50. The molecule has 1 unspecified atom stereocenters. The number of carbonyl (C=O) groups is 3. The average molecular weight is 1010 g/mol. The fourth-order valence-electron chi connectivity index (χ4n) is 7.27. The lowest BCUT2D eigenvalue weighted by Crippen LogP contribution is -2.30. The summed E-state index contributed by atoms with van der Waals surface area (Å²) in [5.41, 5.74) is 0. The predicted molar refractivity (Wildman–Crippen MR) is 315 cm³/mol. The van der Waals surface area contributed by atoms with E-state index < -0.39 is 6.10 Å². The zero-order valence-corrected chi connectivity index (χ0v) is 46.6. The minimum absolute atomic E-state index is 0.116. The van der Waals surface area contributed by atoms with Crippen molar-refractivity contribution in [1.82, 2.24) is 0 Å². The van der Waals surface area contributed by atoms with Crippen LogP contribution in [0.25, 0.3) is 0 Å². The number of unbranched alkanes of at least 4 members (excludes halogenated alkanes) is 13. The highest BCUT2D eigenvalue weighted by Crippen LogP contribution is 2.13. The zero-order valence-electron chi connectivity index (χ0n) is 46.6. The number of carbonyl (C=O) groups excluding carboxylic acids is 3. The van der Waals surface area contributed by atoms with Crippen LogP contribution in [0.4, 0.5) is 0 Å². The van der Waals surface area contributed by atoms with Crippen LogP contribution < -0.4 is 0 Å². The van der Waals surface area contributed by atoms with E-state index in [9.17, 15) is 14.4 Å².